The van der Waals surface area contributed by atoms with Gasteiger partial charge in [0.15, 0.2) is 11.9 Å². The molecule has 2 aliphatic heterocycles. The first kappa shape index (κ1) is 7.67. The van der Waals surface area contributed by atoms with Crippen LogP contribution in [0.25, 0.3) is 0 Å². The summed E-state index contributed by atoms with van der Waals surface area (Å²) in [5, 5.41) is 0.973. The van der Waals surface area contributed by atoms with E-state index in [0.717, 1.165) is 16.7 Å². The zero-order valence-corrected chi connectivity index (χ0v) is 7.67. The minimum Gasteiger partial charge on any atom is -0.252 e. The lowest BCUT2D eigenvalue weighted by Crippen LogP contribution is -2.25. The fraction of sp³-hybridized carbons (Fsp3) is 0.429. The van der Waals surface area contributed by atoms with E-state index in [1.165, 1.54) is 6.34 Å². The molecule has 0 fully saturated rings. The third-order valence-electron chi connectivity index (χ3n) is 1.65. The number of amidine groups is 2. The van der Waals surface area contributed by atoms with Gasteiger partial charge in [0, 0.05) is 0 Å². The molecule has 4 nitrogen and oxygen atoms in total. The van der Waals surface area contributed by atoms with Crippen LogP contribution in [0.1, 0.15) is 6.92 Å². The maximum absolute atomic E-state index is 4.31. The van der Waals surface area contributed by atoms with Gasteiger partial charge in [0.2, 0.25) is 0 Å². The Kier molecular flexibility index (Phi) is 1.80. The maximum Gasteiger partial charge on any atom is 0.163 e. The zero-order valence-electron chi connectivity index (χ0n) is 6.85. The highest BCUT2D eigenvalue weighted by Crippen LogP contribution is 2.17. The van der Waals surface area contributed by atoms with E-state index < -0.39 is 0 Å². The summed E-state index contributed by atoms with van der Waals surface area (Å²) in [7, 11) is 0. The van der Waals surface area contributed by atoms with Crippen molar-refractivity contribution in [2.75, 3.05) is 6.26 Å². The summed E-state index contributed by atoms with van der Waals surface area (Å²) in [5.74, 6) is 1.56. The number of hydrogen-bond acceptors (Lipinski definition) is 5. The molecule has 0 aliphatic carbocycles. The van der Waals surface area contributed by atoms with Gasteiger partial charge >= 0.3 is 0 Å². The average molecular weight is 180 g/mol. The van der Waals surface area contributed by atoms with Gasteiger partial charge in [-0.15, -0.1) is 11.8 Å². The normalized spacial score (nSPS) is 26.2. The molecule has 0 amide bonds. The second-order valence-corrected chi connectivity index (χ2v) is 3.29. The van der Waals surface area contributed by atoms with Crippen molar-refractivity contribution in [3.8, 4) is 0 Å². The fourth-order valence-electron chi connectivity index (χ4n) is 1.15. The zero-order chi connectivity index (χ0) is 8.55. The van der Waals surface area contributed by atoms with E-state index in [0.29, 0.717) is 0 Å². The molecule has 0 aromatic heterocycles. The molecule has 2 rings (SSSR count). The van der Waals surface area contributed by atoms with Crippen LogP contribution in [-0.2, 0) is 0 Å². The lowest BCUT2D eigenvalue weighted by molar-refractivity contribution is 1.15. The summed E-state index contributed by atoms with van der Waals surface area (Å²) in [6.45, 7) is 1.87. The molecule has 1 atom stereocenters. The van der Waals surface area contributed by atoms with Crippen molar-refractivity contribution in [1.29, 1.82) is 0 Å². The van der Waals surface area contributed by atoms with Crippen LogP contribution in [0.15, 0.2) is 20.0 Å². The van der Waals surface area contributed by atoms with E-state index in [-0.39, 0.29) is 6.04 Å². The fourth-order valence-corrected chi connectivity index (χ4v) is 1.68. The van der Waals surface area contributed by atoms with E-state index in [2.05, 4.69) is 20.0 Å². The summed E-state index contributed by atoms with van der Waals surface area (Å²) < 4.78 is 0. The molecule has 0 radical (unpaired) electrons. The van der Waals surface area contributed by atoms with Crippen molar-refractivity contribution < 1.29 is 0 Å². The van der Waals surface area contributed by atoms with Crippen molar-refractivity contribution in [2.45, 2.75) is 13.0 Å². The molecule has 2 aliphatic rings. The highest BCUT2D eigenvalue weighted by atomic mass is 32.2. The van der Waals surface area contributed by atoms with Gasteiger partial charge in [-0.3, -0.25) is 4.99 Å². The minimum atomic E-state index is -0.0231. The number of thioether (sulfide) groups is 1. The molecule has 12 heavy (non-hydrogen) atoms. The molecule has 1 unspecified atom stereocenters. The molecular formula is C7H8N4S. The smallest absolute Gasteiger partial charge is 0.163 e. The molecule has 0 saturated heterocycles. The Morgan fingerprint density at radius 3 is 3.08 bits per heavy atom. The van der Waals surface area contributed by atoms with Crippen LogP contribution in [0.2, 0.25) is 0 Å². The van der Waals surface area contributed by atoms with Crippen molar-refractivity contribution in [1.82, 2.24) is 0 Å². The maximum atomic E-state index is 4.31. The van der Waals surface area contributed by atoms with Gasteiger partial charge in [-0.25, -0.2) is 15.0 Å². The number of hydrogen-bond donors (Lipinski definition) is 0. The largest absolute Gasteiger partial charge is 0.252 e. The number of aliphatic imine (C=N–C) groups is 4. The van der Waals surface area contributed by atoms with Crippen molar-refractivity contribution in [3.05, 3.63) is 0 Å². The molecule has 0 spiro atoms. The summed E-state index contributed by atoms with van der Waals surface area (Å²) >= 11 is 1.60. The van der Waals surface area contributed by atoms with E-state index in [1.807, 2.05) is 13.2 Å². The Morgan fingerprint density at radius 1 is 1.50 bits per heavy atom. The monoisotopic (exact) mass is 180 g/mol. The highest BCUT2D eigenvalue weighted by molar-refractivity contribution is 8.13. The van der Waals surface area contributed by atoms with Crippen molar-refractivity contribution in [2.24, 2.45) is 20.0 Å². The third kappa shape index (κ3) is 1.10. The lowest BCUT2D eigenvalue weighted by atomic mass is 10.3. The molecule has 0 saturated carbocycles. The van der Waals surface area contributed by atoms with Crippen LogP contribution >= 0.6 is 11.8 Å². The van der Waals surface area contributed by atoms with Gasteiger partial charge in [-0.05, 0) is 13.2 Å². The summed E-state index contributed by atoms with van der Waals surface area (Å²) in [6.07, 6.45) is 3.52. The Balaban J connectivity index is 2.37. The lowest BCUT2D eigenvalue weighted by Gasteiger charge is -2.10. The quantitative estimate of drug-likeness (QED) is 0.548. The van der Waals surface area contributed by atoms with Crippen molar-refractivity contribution in [3.63, 3.8) is 0 Å². The third-order valence-corrected chi connectivity index (χ3v) is 2.40. The van der Waals surface area contributed by atoms with Gasteiger partial charge in [0.05, 0.1) is 0 Å². The second-order valence-electron chi connectivity index (χ2n) is 2.46. The van der Waals surface area contributed by atoms with Crippen LogP contribution in [-0.4, -0.2) is 35.4 Å². The molecule has 0 bridgehead atoms. The molecule has 2 heterocycles. The first-order chi connectivity index (χ1) is 5.81. The summed E-state index contributed by atoms with van der Waals surface area (Å²) in [6, 6.07) is -0.0231. The molecule has 0 aromatic rings. The molecule has 5 heteroatoms. The Labute approximate surface area is 74.6 Å². The Morgan fingerprint density at radius 2 is 2.33 bits per heavy atom. The summed E-state index contributed by atoms with van der Waals surface area (Å²) in [5.41, 5.74) is 0. The first-order valence-electron chi connectivity index (χ1n) is 3.58. The second kappa shape index (κ2) is 2.82. The Bertz CT molecular complexity index is 326. The van der Waals surface area contributed by atoms with E-state index in [1.54, 1.807) is 11.8 Å². The molecule has 62 valence electrons. The Hall–Kier alpha value is -0.970. The van der Waals surface area contributed by atoms with E-state index >= 15 is 0 Å². The van der Waals surface area contributed by atoms with Crippen molar-refractivity contribution >= 4 is 34.8 Å². The van der Waals surface area contributed by atoms with Crippen LogP contribution in [0.3, 0.4) is 0 Å². The van der Waals surface area contributed by atoms with Gasteiger partial charge in [0.1, 0.15) is 17.2 Å². The highest BCUT2D eigenvalue weighted by Gasteiger charge is 2.27. The van der Waals surface area contributed by atoms with Gasteiger partial charge in [-0.2, -0.15) is 0 Å². The molecule has 0 N–H and O–H groups in total. The number of fused-ring (bicyclic) bond motifs is 1. The SMILES string of the molecule is CSC1=NC=NC2=NC(C)=NC21. The minimum absolute atomic E-state index is 0.0231. The van der Waals surface area contributed by atoms with Crippen LogP contribution in [0, 0.1) is 0 Å². The predicted octanol–water partition coefficient (Wildman–Crippen LogP) is 0.989. The van der Waals surface area contributed by atoms with Crippen LogP contribution < -0.4 is 0 Å². The first-order valence-corrected chi connectivity index (χ1v) is 4.81. The number of rotatable bonds is 0. The standard InChI is InChI=1S/C7H8N4S/c1-4-10-5-6(11-4)8-3-9-7(5)12-2/h3,5H,1-2H3. The van der Waals surface area contributed by atoms with Gasteiger partial charge in [-0.1, -0.05) is 0 Å². The molecule has 0 aromatic carbocycles. The van der Waals surface area contributed by atoms with Crippen LogP contribution in [0.4, 0.5) is 0 Å². The van der Waals surface area contributed by atoms with Gasteiger partial charge < -0.3 is 0 Å². The average Bonchev–Trinajstić information content (AvgIpc) is 2.44. The van der Waals surface area contributed by atoms with E-state index in [9.17, 15) is 0 Å². The van der Waals surface area contributed by atoms with Gasteiger partial charge in [0.25, 0.3) is 0 Å². The van der Waals surface area contributed by atoms with E-state index in [4.69, 9.17) is 0 Å². The molecular weight excluding hydrogens is 172 g/mol. The summed E-state index contributed by atoms with van der Waals surface area (Å²) in [4.78, 5) is 16.7. The topological polar surface area (TPSA) is 49.4 Å². The van der Waals surface area contributed by atoms with Crippen LogP contribution in [0.5, 0.6) is 0 Å². The number of nitrogens with zero attached hydrogens (tertiary/aromatic N) is 4. The predicted molar refractivity (Wildman–Crippen MR) is 53.8 cm³/mol.